The number of rotatable bonds is 2. The van der Waals surface area contributed by atoms with Crippen molar-refractivity contribution >= 4 is 35.1 Å². The van der Waals surface area contributed by atoms with E-state index >= 15 is 0 Å². The van der Waals surface area contributed by atoms with Crippen LogP contribution in [0.2, 0.25) is 10.0 Å². The third-order valence-electron chi connectivity index (χ3n) is 2.80. The number of cyclic esters (lactones) is 1. The van der Waals surface area contributed by atoms with E-state index in [0.29, 0.717) is 28.1 Å². The van der Waals surface area contributed by atoms with Crippen LogP contribution in [0.1, 0.15) is 19.4 Å². The molecule has 0 saturated heterocycles. The normalized spacial score (nSPS) is 17.6. The molecule has 0 unspecified atom stereocenters. The van der Waals surface area contributed by atoms with Gasteiger partial charge in [-0.3, -0.25) is 0 Å². The van der Waals surface area contributed by atoms with Gasteiger partial charge >= 0.3 is 5.97 Å². The van der Waals surface area contributed by atoms with E-state index in [2.05, 4.69) is 4.99 Å². The van der Waals surface area contributed by atoms with Gasteiger partial charge in [-0.1, -0.05) is 35.3 Å². The zero-order valence-corrected chi connectivity index (χ0v) is 11.5. The Hall–Kier alpha value is -1.32. The van der Waals surface area contributed by atoms with E-state index in [1.165, 1.54) is 0 Å². The molecule has 1 aromatic carbocycles. The number of halogens is 2. The van der Waals surface area contributed by atoms with Crippen LogP contribution in [0.5, 0.6) is 0 Å². The molecule has 0 spiro atoms. The smallest absolute Gasteiger partial charge is 0.340 e. The van der Waals surface area contributed by atoms with Crippen LogP contribution in [-0.2, 0) is 16.1 Å². The van der Waals surface area contributed by atoms with Gasteiger partial charge in [0.15, 0.2) is 0 Å². The average Bonchev–Trinajstić information content (AvgIpc) is 2.59. The maximum Gasteiger partial charge on any atom is 0.340 e. The molecule has 0 saturated carbocycles. The summed E-state index contributed by atoms with van der Waals surface area (Å²) in [5.74, 6) is 0.0111. The number of benzene rings is 1. The largest absolute Gasteiger partial charge is 0.404 e. The molecule has 0 amide bonds. The van der Waals surface area contributed by atoms with Crippen LogP contribution in [0.15, 0.2) is 34.3 Å². The zero-order valence-electron chi connectivity index (χ0n) is 9.96. The van der Waals surface area contributed by atoms with Gasteiger partial charge in [0.25, 0.3) is 0 Å². The maximum absolute atomic E-state index is 11.3. The molecule has 0 aliphatic carbocycles. The molecule has 1 aliphatic rings. The number of hydrogen-bond acceptors (Lipinski definition) is 3. The summed E-state index contributed by atoms with van der Waals surface area (Å²) in [6.07, 6.45) is 0. The average molecular weight is 284 g/mol. The van der Waals surface area contributed by atoms with Crippen molar-refractivity contribution < 1.29 is 9.53 Å². The van der Waals surface area contributed by atoms with Crippen LogP contribution in [0.3, 0.4) is 0 Å². The maximum atomic E-state index is 11.3. The monoisotopic (exact) mass is 283 g/mol. The summed E-state index contributed by atoms with van der Waals surface area (Å²) in [6, 6.07) is 5.35. The predicted octanol–water partition coefficient (Wildman–Crippen LogP) is 3.79. The Morgan fingerprint density at radius 3 is 2.56 bits per heavy atom. The zero-order chi connectivity index (χ0) is 13.3. The third kappa shape index (κ3) is 2.42. The highest BCUT2D eigenvalue weighted by Gasteiger charge is 2.24. The van der Waals surface area contributed by atoms with Crippen LogP contribution < -0.4 is 0 Å². The van der Waals surface area contributed by atoms with Gasteiger partial charge in [0, 0.05) is 11.1 Å². The molecule has 0 atom stereocenters. The van der Waals surface area contributed by atoms with Gasteiger partial charge in [-0.25, -0.2) is 9.79 Å². The molecule has 1 aliphatic heterocycles. The van der Waals surface area contributed by atoms with E-state index in [-0.39, 0.29) is 5.97 Å². The first kappa shape index (κ1) is 13.1. The quantitative estimate of drug-likeness (QED) is 0.775. The van der Waals surface area contributed by atoms with Crippen LogP contribution in [-0.4, -0.2) is 11.9 Å². The van der Waals surface area contributed by atoms with Gasteiger partial charge in [0.05, 0.1) is 16.6 Å². The van der Waals surface area contributed by atoms with Crippen molar-refractivity contribution in [3.8, 4) is 0 Å². The number of carbonyl (C=O) groups is 1. The molecule has 1 aromatic rings. The number of aliphatic imine (C=N–C) groups is 1. The lowest BCUT2D eigenvalue weighted by molar-refractivity contribution is -0.130. The summed E-state index contributed by atoms with van der Waals surface area (Å²) in [5, 5.41) is 0.965. The SMILES string of the molecule is CC1=C(C)C(=NCc2cccc(Cl)c2Cl)OC1=O. The van der Waals surface area contributed by atoms with E-state index in [4.69, 9.17) is 27.9 Å². The van der Waals surface area contributed by atoms with Crippen molar-refractivity contribution in [2.45, 2.75) is 20.4 Å². The minimum absolute atomic E-state index is 0.326. The molecule has 3 nitrogen and oxygen atoms in total. The first-order valence-electron chi connectivity index (χ1n) is 5.38. The fourth-order valence-electron chi connectivity index (χ4n) is 1.53. The number of carbonyl (C=O) groups excluding carboxylic acids is 1. The topological polar surface area (TPSA) is 38.7 Å². The number of esters is 1. The standard InChI is InChI=1S/C13H11Cl2NO2/c1-7-8(2)13(17)18-12(7)16-6-9-4-3-5-10(14)11(9)15/h3-5H,6H2,1-2H3. The first-order chi connectivity index (χ1) is 8.50. The van der Waals surface area contributed by atoms with Crippen molar-refractivity contribution in [2.75, 3.05) is 0 Å². The minimum Gasteiger partial charge on any atom is -0.404 e. The van der Waals surface area contributed by atoms with E-state index in [1.54, 1.807) is 26.0 Å². The molecule has 0 aromatic heterocycles. The molecule has 0 fully saturated rings. The number of ether oxygens (including phenoxy) is 1. The lowest BCUT2D eigenvalue weighted by Crippen LogP contribution is -2.03. The first-order valence-corrected chi connectivity index (χ1v) is 6.13. The van der Waals surface area contributed by atoms with Gasteiger partial charge in [-0.15, -0.1) is 0 Å². The molecule has 0 N–H and O–H groups in total. The Kier molecular flexibility index (Phi) is 3.73. The lowest BCUT2D eigenvalue weighted by atomic mass is 10.2. The van der Waals surface area contributed by atoms with Crippen LogP contribution in [0.25, 0.3) is 0 Å². The summed E-state index contributed by atoms with van der Waals surface area (Å²) >= 11 is 12.0. The summed E-state index contributed by atoms with van der Waals surface area (Å²) in [5.41, 5.74) is 2.15. The Morgan fingerprint density at radius 2 is 1.94 bits per heavy atom. The van der Waals surface area contributed by atoms with Gasteiger partial charge in [0.1, 0.15) is 0 Å². The van der Waals surface area contributed by atoms with E-state index in [9.17, 15) is 4.79 Å². The highest BCUT2D eigenvalue weighted by Crippen LogP contribution is 2.26. The van der Waals surface area contributed by atoms with Crippen molar-refractivity contribution in [2.24, 2.45) is 4.99 Å². The van der Waals surface area contributed by atoms with Gasteiger partial charge in [-0.2, -0.15) is 0 Å². The van der Waals surface area contributed by atoms with Crippen molar-refractivity contribution in [1.82, 2.24) is 0 Å². The van der Waals surface area contributed by atoms with Crippen LogP contribution in [0.4, 0.5) is 0 Å². The van der Waals surface area contributed by atoms with E-state index in [0.717, 1.165) is 11.1 Å². The van der Waals surface area contributed by atoms with Gasteiger partial charge in [-0.05, 0) is 25.5 Å². The van der Waals surface area contributed by atoms with Crippen LogP contribution in [0, 0.1) is 0 Å². The number of nitrogens with zero attached hydrogens (tertiary/aromatic N) is 1. The van der Waals surface area contributed by atoms with Gasteiger partial charge < -0.3 is 4.74 Å². The van der Waals surface area contributed by atoms with Crippen molar-refractivity contribution in [3.63, 3.8) is 0 Å². The minimum atomic E-state index is -0.344. The number of hydrogen-bond donors (Lipinski definition) is 0. The van der Waals surface area contributed by atoms with Gasteiger partial charge in [0.2, 0.25) is 5.90 Å². The Labute approximate surface area is 115 Å². The molecule has 94 valence electrons. The molecule has 0 bridgehead atoms. The Morgan fingerprint density at radius 1 is 1.22 bits per heavy atom. The van der Waals surface area contributed by atoms with E-state index in [1.807, 2.05) is 6.07 Å². The third-order valence-corrected chi connectivity index (χ3v) is 3.66. The molecular formula is C13H11Cl2NO2. The highest BCUT2D eigenvalue weighted by molar-refractivity contribution is 6.42. The Bertz CT molecular complexity index is 576. The second kappa shape index (κ2) is 5.12. The second-order valence-corrected chi connectivity index (χ2v) is 4.76. The molecule has 1 heterocycles. The van der Waals surface area contributed by atoms with Crippen molar-refractivity contribution in [3.05, 3.63) is 45.0 Å². The van der Waals surface area contributed by atoms with Crippen LogP contribution >= 0.6 is 23.2 Å². The molecule has 18 heavy (non-hydrogen) atoms. The second-order valence-electron chi connectivity index (χ2n) is 3.97. The highest BCUT2D eigenvalue weighted by atomic mass is 35.5. The van der Waals surface area contributed by atoms with E-state index < -0.39 is 0 Å². The molecule has 0 radical (unpaired) electrons. The summed E-state index contributed by atoms with van der Waals surface area (Å²) in [6.45, 7) is 3.85. The molecular weight excluding hydrogens is 273 g/mol. The molecule has 2 rings (SSSR count). The summed E-state index contributed by atoms with van der Waals surface area (Å²) in [7, 11) is 0. The summed E-state index contributed by atoms with van der Waals surface area (Å²) in [4.78, 5) is 15.6. The summed E-state index contributed by atoms with van der Waals surface area (Å²) < 4.78 is 5.04. The Balaban J connectivity index is 2.23. The fraction of sp³-hybridized carbons (Fsp3) is 0.231. The molecule has 5 heteroatoms. The van der Waals surface area contributed by atoms with Crippen molar-refractivity contribution in [1.29, 1.82) is 0 Å². The fourth-order valence-corrected chi connectivity index (χ4v) is 1.91. The predicted molar refractivity (Wildman–Crippen MR) is 72.1 cm³/mol. The lowest BCUT2D eigenvalue weighted by Gasteiger charge is -2.03.